The van der Waals surface area contributed by atoms with Gasteiger partial charge in [-0.25, -0.2) is 8.42 Å². The molecule has 0 bridgehead atoms. The van der Waals surface area contributed by atoms with E-state index in [2.05, 4.69) is 47.0 Å². The second-order valence-electron chi connectivity index (χ2n) is 7.57. The van der Waals surface area contributed by atoms with Crippen molar-refractivity contribution in [1.82, 2.24) is 5.32 Å². The molecule has 0 saturated heterocycles. The van der Waals surface area contributed by atoms with Crippen LogP contribution in [-0.4, -0.2) is 27.4 Å². The van der Waals surface area contributed by atoms with E-state index in [0.717, 1.165) is 16.4 Å². The molecule has 0 spiro atoms. The van der Waals surface area contributed by atoms with Crippen LogP contribution in [0.5, 0.6) is 0 Å². The maximum absolute atomic E-state index is 13.3. The second-order valence-corrected chi connectivity index (χ2v) is 10.7. The van der Waals surface area contributed by atoms with Crippen molar-refractivity contribution < 1.29 is 13.2 Å². The van der Waals surface area contributed by atoms with Gasteiger partial charge in [0, 0.05) is 10.1 Å². The van der Waals surface area contributed by atoms with Crippen LogP contribution < -0.4 is 9.62 Å². The van der Waals surface area contributed by atoms with E-state index in [9.17, 15) is 13.2 Å². The number of sulfonamides is 1. The Morgan fingerprint density at radius 1 is 0.938 bits per heavy atom. The Kier molecular flexibility index (Phi) is 8.69. The first kappa shape index (κ1) is 24.3. The molecule has 0 saturated carbocycles. The van der Waals surface area contributed by atoms with E-state index in [4.69, 9.17) is 0 Å². The van der Waals surface area contributed by atoms with Gasteiger partial charge in [-0.1, -0.05) is 61.9 Å². The number of nitrogens with zero attached hydrogens (tertiary/aromatic N) is 1. The van der Waals surface area contributed by atoms with Crippen LogP contribution in [0.4, 0.5) is 5.69 Å². The molecule has 1 N–H and O–H groups in total. The predicted molar refractivity (Wildman–Crippen MR) is 137 cm³/mol. The van der Waals surface area contributed by atoms with Gasteiger partial charge in [0.2, 0.25) is 5.91 Å². The van der Waals surface area contributed by atoms with E-state index in [1.807, 2.05) is 30.3 Å². The SMILES string of the molecule is CCC(CNC(=O)CN(c1ccc(I)cc1)S(=O)(=O)c1ccccc1)Cc1ccccc1. The quantitative estimate of drug-likeness (QED) is 0.359. The van der Waals surface area contributed by atoms with Gasteiger partial charge in [0.1, 0.15) is 6.54 Å². The van der Waals surface area contributed by atoms with Gasteiger partial charge in [-0.3, -0.25) is 9.10 Å². The van der Waals surface area contributed by atoms with Crippen molar-refractivity contribution >= 4 is 44.2 Å². The monoisotopic (exact) mass is 562 g/mol. The number of hydrogen-bond acceptors (Lipinski definition) is 3. The molecule has 32 heavy (non-hydrogen) atoms. The van der Waals surface area contributed by atoms with E-state index in [-0.39, 0.29) is 23.3 Å². The number of nitrogens with one attached hydrogen (secondary N) is 1. The summed E-state index contributed by atoms with van der Waals surface area (Å²) in [5.74, 6) is -0.0478. The first-order valence-electron chi connectivity index (χ1n) is 10.5. The van der Waals surface area contributed by atoms with Crippen LogP contribution in [0, 0.1) is 9.49 Å². The summed E-state index contributed by atoms with van der Waals surface area (Å²) in [7, 11) is -3.88. The highest BCUT2D eigenvalue weighted by molar-refractivity contribution is 14.1. The third kappa shape index (κ3) is 6.56. The topological polar surface area (TPSA) is 66.5 Å². The summed E-state index contributed by atoms with van der Waals surface area (Å²) in [4.78, 5) is 13.0. The van der Waals surface area contributed by atoms with Crippen LogP contribution in [0.15, 0.2) is 89.8 Å². The van der Waals surface area contributed by atoms with Crippen molar-refractivity contribution in [3.63, 3.8) is 0 Å². The number of anilines is 1. The minimum atomic E-state index is -3.88. The molecule has 0 heterocycles. The average Bonchev–Trinajstić information content (AvgIpc) is 2.82. The average molecular weight is 562 g/mol. The third-order valence-corrected chi connectivity index (χ3v) is 7.77. The molecule has 1 unspecified atom stereocenters. The van der Waals surface area contributed by atoms with E-state index in [0.29, 0.717) is 12.2 Å². The molecule has 168 valence electrons. The highest BCUT2D eigenvalue weighted by atomic mass is 127. The molecule has 5 nitrogen and oxygen atoms in total. The van der Waals surface area contributed by atoms with Crippen LogP contribution in [0.1, 0.15) is 18.9 Å². The first-order valence-corrected chi connectivity index (χ1v) is 13.1. The molecular formula is C25H27IN2O3S. The summed E-state index contributed by atoms with van der Waals surface area (Å²) in [5, 5.41) is 2.94. The van der Waals surface area contributed by atoms with Crippen molar-refractivity contribution in [2.45, 2.75) is 24.7 Å². The van der Waals surface area contributed by atoms with Crippen LogP contribution in [0.3, 0.4) is 0 Å². The van der Waals surface area contributed by atoms with Crippen LogP contribution in [-0.2, 0) is 21.2 Å². The molecule has 3 rings (SSSR count). The molecule has 7 heteroatoms. The van der Waals surface area contributed by atoms with Crippen molar-refractivity contribution in [2.24, 2.45) is 5.92 Å². The van der Waals surface area contributed by atoms with Crippen LogP contribution >= 0.6 is 22.6 Å². The Morgan fingerprint density at radius 2 is 1.53 bits per heavy atom. The molecule has 0 aliphatic heterocycles. The minimum absolute atomic E-state index is 0.155. The molecular weight excluding hydrogens is 535 g/mol. The molecule has 1 amide bonds. The van der Waals surface area contributed by atoms with Crippen molar-refractivity contribution in [3.8, 4) is 0 Å². The van der Waals surface area contributed by atoms with Gasteiger partial charge in [0.15, 0.2) is 0 Å². The van der Waals surface area contributed by atoms with E-state index in [1.165, 1.54) is 9.87 Å². The van der Waals surface area contributed by atoms with Crippen molar-refractivity contribution in [1.29, 1.82) is 0 Å². The Morgan fingerprint density at radius 3 is 2.12 bits per heavy atom. The number of hydrogen-bond donors (Lipinski definition) is 1. The Balaban J connectivity index is 1.74. The number of rotatable bonds is 10. The summed E-state index contributed by atoms with van der Waals surface area (Å²) < 4.78 is 28.8. The second kappa shape index (κ2) is 11.5. The number of amides is 1. The molecule has 0 fully saturated rings. The van der Waals surface area contributed by atoms with Crippen molar-refractivity contribution in [2.75, 3.05) is 17.4 Å². The normalized spacial score (nSPS) is 12.2. The summed E-state index contributed by atoms with van der Waals surface area (Å²) in [6.07, 6.45) is 1.78. The van der Waals surface area contributed by atoms with Gasteiger partial charge in [-0.15, -0.1) is 0 Å². The number of benzene rings is 3. The van der Waals surface area contributed by atoms with Gasteiger partial charge in [-0.05, 0) is 76.9 Å². The summed E-state index contributed by atoms with van der Waals surface area (Å²) in [6, 6.07) is 25.5. The smallest absolute Gasteiger partial charge is 0.264 e. The van der Waals surface area contributed by atoms with E-state index in [1.54, 1.807) is 42.5 Å². The summed E-state index contributed by atoms with van der Waals surface area (Å²) in [5.41, 5.74) is 1.68. The number of halogens is 1. The van der Waals surface area contributed by atoms with Gasteiger partial charge in [-0.2, -0.15) is 0 Å². The highest BCUT2D eigenvalue weighted by Gasteiger charge is 2.27. The first-order chi connectivity index (χ1) is 15.4. The van der Waals surface area contributed by atoms with E-state index < -0.39 is 10.0 Å². The van der Waals surface area contributed by atoms with E-state index >= 15 is 0 Å². The molecule has 3 aromatic carbocycles. The lowest BCUT2D eigenvalue weighted by molar-refractivity contribution is -0.119. The fourth-order valence-corrected chi connectivity index (χ4v) is 5.20. The maximum atomic E-state index is 13.3. The zero-order chi connectivity index (χ0) is 23.0. The fourth-order valence-electron chi connectivity index (χ4n) is 3.39. The predicted octanol–water partition coefficient (Wildman–Crippen LogP) is 4.87. The van der Waals surface area contributed by atoms with Gasteiger partial charge in [0.25, 0.3) is 10.0 Å². The molecule has 3 aromatic rings. The van der Waals surface area contributed by atoms with Crippen molar-refractivity contribution in [3.05, 3.63) is 94.1 Å². The Labute approximate surface area is 204 Å². The third-order valence-electron chi connectivity index (χ3n) is 5.27. The summed E-state index contributed by atoms with van der Waals surface area (Å²) >= 11 is 2.16. The van der Waals surface area contributed by atoms with Gasteiger partial charge >= 0.3 is 0 Å². The summed E-state index contributed by atoms with van der Waals surface area (Å²) in [6.45, 7) is 2.31. The largest absolute Gasteiger partial charge is 0.354 e. The molecule has 0 radical (unpaired) electrons. The zero-order valence-corrected chi connectivity index (χ0v) is 20.9. The Bertz CT molecular complexity index is 1100. The van der Waals surface area contributed by atoms with Crippen LogP contribution in [0.25, 0.3) is 0 Å². The lowest BCUT2D eigenvalue weighted by atomic mass is 9.97. The number of carbonyl (C=O) groups is 1. The lowest BCUT2D eigenvalue weighted by Gasteiger charge is -2.25. The minimum Gasteiger partial charge on any atom is -0.354 e. The fraction of sp³-hybridized carbons (Fsp3) is 0.240. The standard InChI is InChI=1S/C25H27IN2O3S/c1-2-20(17-21-9-5-3-6-10-21)18-27-25(29)19-28(23-15-13-22(26)14-16-23)32(30,31)24-11-7-4-8-12-24/h3-16,20H,2,17-19H2,1H3,(H,27,29). The molecule has 0 aromatic heterocycles. The zero-order valence-electron chi connectivity index (χ0n) is 17.9. The van der Waals surface area contributed by atoms with Gasteiger partial charge in [0.05, 0.1) is 10.6 Å². The Hall–Kier alpha value is -2.39. The highest BCUT2D eigenvalue weighted by Crippen LogP contribution is 2.24. The number of carbonyl (C=O) groups excluding carboxylic acids is 1. The lowest BCUT2D eigenvalue weighted by Crippen LogP contribution is -2.42. The molecule has 1 atom stereocenters. The molecule has 0 aliphatic rings. The maximum Gasteiger partial charge on any atom is 0.264 e. The van der Waals surface area contributed by atoms with Gasteiger partial charge < -0.3 is 5.32 Å². The van der Waals surface area contributed by atoms with Crippen LogP contribution in [0.2, 0.25) is 0 Å². The molecule has 0 aliphatic carbocycles.